The molecule has 4 nitrogen and oxygen atoms in total. The van der Waals surface area contributed by atoms with Crippen LogP contribution < -0.4 is 10.5 Å². The van der Waals surface area contributed by atoms with Crippen molar-refractivity contribution in [1.29, 1.82) is 0 Å². The fraction of sp³-hybridized carbons (Fsp3) is 0.0909. The van der Waals surface area contributed by atoms with Crippen molar-refractivity contribution in [1.82, 2.24) is 9.97 Å². The lowest BCUT2D eigenvalue weighted by Crippen LogP contribution is -1.93. The molecule has 15 heavy (non-hydrogen) atoms. The number of nitrogen functional groups attached to an aromatic ring is 1. The van der Waals surface area contributed by atoms with E-state index in [0.717, 1.165) is 17.0 Å². The summed E-state index contributed by atoms with van der Waals surface area (Å²) in [4.78, 5) is 8.26. The summed E-state index contributed by atoms with van der Waals surface area (Å²) < 4.78 is 5.21. The van der Waals surface area contributed by atoms with Gasteiger partial charge in [-0.05, 0) is 24.3 Å². The van der Waals surface area contributed by atoms with Gasteiger partial charge >= 0.3 is 0 Å². The van der Waals surface area contributed by atoms with Crippen molar-refractivity contribution in [2.75, 3.05) is 12.8 Å². The quantitative estimate of drug-likeness (QED) is 0.803. The lowest BCUT2D eigenvalue weighted by Gasteiger charge is -2.06. The minimum atomic E-state index is 0.494. The SMILES string of the molecule is COc1cccnc1-c1ccc(N)nc1. The number of ether oxygens (including phenoxy) is 1. The number of methoxy groups -OCH3 is 1. The first-order valence-electron chi connectivity index (χ1n) is 4.52. The molecule has 0 radical (unpaired) electrons. The number of hydrogen-bond acceptors (Lipinski definition) is 4. The van der Waals surface area contributed by atoms with Crippen LogP contribution in [0.3, 0.4) is 0 Å². The average Bonchev–Trinajstić information content (AvgIpc) is 2.30. The van der Waals surface area contributed by atoms with E-state index in [0.29, 0.717) is 5.82 Å². The van der Waals surface area contributed by atoms with Crippen LogP contribution in [0.15, 0.2) is 36.7 Å². The maximum atomic E-state index is 5.51. The molecule has 0 aromatic carbocycles. The van der Waals surface area contributed by atoms with E-state index in [-0.39, 0.29) is 0 Å². The highest BCUT2D eigenvalue weighted by Gasteiger charge is 2.05. The summed E-state index contributed by atoms with van der Waals surface area (Å²) in [6.07, 6.45) is 3.40. The van der Waals surface area contributed by atoms with Crippen molar-refractivity contribution in [3.63, 3.8) is 0 Å². The average molecular weight is 201 g/mol. The Hall–Kier alpha value is -2.10. The highest BCUT2D eigenvalue weighted by molar-refractivity contribution is 5.65. The zero-order chi connectivity index (χ0) is 10.7. The maximum absolute atomic E-state index is 5.51. The highest BCUT2D eigenvalue weighted by atomic mass is 16.5. The molecule has 0 spiro atoms. The Morgan fingerprint density at radius 2 is 2.07 bits per heavy atom. The number of hydrogen-bond donors (Lipinski definition) is 1. The number of nitrogens with zero attached hydrogens (tertiary/aromatic N) is 2. The fourth-order valence-corrected chi connectivity index (χ4v) is 1.32. The van der Waals surface area contributed by atoms with Gasteiger partial charge in [0.1, 0.15) is 17.3 Å². The molecule has 0 saturated heterocycles. The predicted molar refractivity (Wildman–Crippen MR) is 58.4 cm³/mol. The van der Waals surface area contributed by atoms with Crippen molar-refractivity contribution in [2.45, 2.75) is 0 Å². The number of pyridine rings is 2. The topological polar surface area (TPSA) is 61.0 Å². The van der Waals surface area contributed by atoms with Gasteiger partial charge in [0, 0.05) is 18.0 Å². The van der Waals surface area contributed by atoms with Crippen molar-refractivity contribution in [3.05, 3.63) is 36.7 Å². The Kier molecular flexibility index (Phi) is 2.49. The second kappa shape index (κ2) is 3.96. The van der Waals surface area contributed by atoms with Gasteiger partial charge in [0.25, 0.3) is 0 Å². The zero-order valence-electron chi connectivity index (χ0n) is 8.34. The number of aromatic nitrogens is 2. The largest absolute Gasteiger partial charge is 0.494 e. The molecule has 0 saturated carbocycles. The summed E-state index contributed by atoms with van der Waals surface area (Å²) >= 11 is 0. The van der Waals surface area contributed by atoms with Gasteiger partial charge in [0.15, 0.2) is 0 Å². The van der Waals surface area contributed by atoms with E-state index >= 15 is 0 Å². The normalized spacial score (nSPS) is 9.93. The summed E-state index contributed by atoms with van der Waals surface area (Å²) in [5.74, 6) is 1.22. The van der Waals surface area contributed by atoms with Crippen molar-refractivity contribution in [3.8, 4) is 17.0 Å². The number of rotatable bonds is 2. The van der Waals surface area contributed by atoms with Gasteiger partial charge in [-0.2, -0.15) is 0 Å². The Morgan fingerprint density at radius 1 is 1.20 bits per heavy atom. The lowest BCUT2D eigenvalue weighted by molar-refractivity contribution is 0.415. The minimum Gasteiger partial charge on any atom is -0.494 e. The molecule has 2 N–H and O–H groups in total. The Balaban J connectivity index is 2.49. The standard InChI is InChI=1S/C11H11N3O/c1-15-9-3-2-6-13-11(9)8-4-5-10(12)14-7-8/h2-7H,1H3,(H2,12,14). The van der Waals surface area contributed by atoms with Crippen LogP contribution >= 0.6 is 0 Å². The molecule has 0 unspecified atom stereocenters. The van der Waals surface area contributed by atoms with Crippen molar-refractivity contribution >= 4 is 5.82 Å². The van der Waals surface area contributed by atoms with E-state index in [4.69, 9.17) is 10.5 Å². The third-order valence-electron chi connectivity index (χ3n) is 2.05. The highest BCUT2D eigenvalue weighted by Crippen LogP contribution is 2.26. The predicted octanol–water partition coefficient (Wildman–Crippen LogP) is 1.73. The number of nitrogens with two attached hydrogens (primary N) is 1. The van der Waals surface area contributed by atoms with Crippen molar-refractivity contribution < 1.29 is 4.74 Å². The first-order chi connectivity index (χ1) is 7.31. The third kappa shape index (κ3) is 1.88. The molecule has 2 aromatic heterocycles. The monoisotopic (exact) mass is 201 g/mol. The Bertz CT molecular complexity index is 454. The van der Waals surface area contributed by atoms with Crippen LogP contribution in [-0.2, 0) is 0 Å². The van der Waals surface area contributed by atoms with E-state index in [1.54, 1.807) is 25.6 Å². The van der Waals surface area contributed by atoms with Gasteiger partial charge in [-0.1, -0.05) is 0 Å². The summed E-state index contributed by atoms with van der Waals surface area (Å²) in [7, 11) is 1.62. The molecule has 76 valence electrons. The molecule has 0 fully saturated rings. The van der Waals surface area contributed by atoms with Gasteiger partial charge in [0.2, 0.25) is 0 Å². The molecule has 0 amide bonds. The van der Waals surface area contributed by atoms with Crippen LogP contribution in [0.4, 0.5) is 5.82 Å². The van der Waals surface area contributed by atoms with Crippen LogP contribution in [0.1, 0.15) is 0 Å². The van der Waals surface area contributed by atoms with Gasteiger partial charge in [0.05, 0.1) is 7.11 Å². The van der Waals surface area contributed by atoms with Gasteiger partial charge < -0.3 is 10.5 Å². The molecule has 4 heteroatoms. The van der Waals surface area contributed by atoms with Crippen molar-refractivity contribution in [2.24, 2.45) is 0 Å². The zero-order valence-corrected chi connectivity index (χ0v) is 8.34. The summed E-state index contributed by atoms with van der Waals surface area (Å²) in [6.45, 7) is 0. The molecule has 2 aromatic rings. The van der Waals surface area contributed by atoms with Crippen LogP contribution in [0.5, 0.6) is 5.75 Å². The second-order valence-corrected chi connectivity index (χ2v) is 3.03. The first kappa shape index (κ1) is 9.45. The molecular weight excluding hydrogens is 190 g/mol. The summed E-state index contributed by atoms with van der Waals surface area (Å²) in [5, 5.41) is 0. The van der Waals surface area contributed by atoms with Crippen LogP contribution in [0.2, 0.25) is 0 Å². The van der Waals surface area contributed by atoms with E-state index in [1.807, 2.05) is 18.2 Å². The summed E-state index contributed by atoms with van der Waals surface area (Å²) in [6, 6.07) is 7.29. The molecule has 2 rings (SSSR count). The van der Waals surface area contributed by atoms with Gasteiger partial charge in [-0.3, -0.25) is 4.98 Å². The molecule has 0 bridgehead atoms. The molecule has 0 aliphatic heterocycles. The molecule has 0 atom stereocenters. The molecule has 0 aliphatic carbocycles. The molecule has 0 aliphatic rings. The maximum Gasteiger partial charge on any atom is 0.145 e. The smallest absolute Gasteiger partial charge is 0.145 e. The third-order valence-corrected chi connectivity index (χ3v) is 2.05. The fourth-order valence-electron chi connectivity index (χ4n) is 1.32. The lowest BCUT2D eigenvalue weighted by atomic mass is 10.2. The van der Waals surface area contributed by atoms with Gasteiger partial charge in [-0.25, -0.2) is 4.98 Å². The summed E-state index contributed by atoms with van der Waals surface area (Å²) in [5.41, 5.74) is 7.17. The van der Waals surface area contributed by atoms with E-state index in [2.05, 4.69) is 9.97 Å². The minimum absolute atomic E-state index is 0.494. The van der Waals surface area contributed by atoms with Crippen LogP contribution in [-0.4, -0.2) is 17.1 Å². The van der Waals surface area contributed by atoms with E-state index in [9.17, 15) is 0 Å². The Morgan fingerprint density at radius 3 is 2.73 bits per heavy atom. The van der Waals surface area contributed by atoms with E-state index < -0.39 is 0 Å². The first-order valence-corrected chi connectivity index (χ1v) is 4.52. The van der Waals surface area contributed by atoms with E-state index in [1.165, 1.54) is 0 Å². The number of anilines is 1. The van der Waals surface area contributed by atoms with Crippen LogP contribution in [0, 0.1) is 0 Å². The molecule has 2 heterocycles. The second-order valence-electron chi connectivity index (χ2n) is 3.03. The van der Waals surface area contributed by atoms with Crippen LogP contribution in [0.25, 0.3) is 11.3 Å². The Labute approximate surface area is 87.7 Å². The van der Waals surface area contributed by atoms with Gasteiger partial charge in [-0.15, -0.1) is 0 Å². The molecular formula is C11H11N3O.